The Morgan fingerprint density at radius 2 is 1.69 bits per heavy atom. The third-order valence-corrected chi connectivity index (χ3v) is 3.44. The molecule has 0 atom stereocenters. The maximum atomic E-state index is 4.57. The summed E-state index contributed by atoms with van der Waals surface area (Å²) in [6, 6.07) is 0. The van der Waals surface area contributed by atoms with Crippen LogP contribution in [0.25, 0.3) is 0 Å². The molecule has 0 radical (unpaired) electrons. The van der Waals surface area contributed by atoms with Gasteiger partial charge in [0.25, 0.3) is 0 Å². The van der Waals surface area contributed by atoms with Crippen LogP contribution in [0.1, 0.15) is 41.6 Å². The number of nitrogens with zero attached hydrogens (tertiary/aromatic N) is 1. The number of pyridine rings is 1. The molecule has 0 fully saturated rings. The number of hydrogen-bond acceptors (Lipinski definition) is 1. The average Bonchev–Trinajstić information content (AvgIpc) is 2.65. The first-order valence-corrected chi connectivity index (χ1v) is 5.43. The summed E-state index contributed by atoms with van der Waals surface area (Å²) in [6.45, 7) is 0. The summed E-state index contributed by atoms with van der Waals surface area (Å²) < 4.78 is 0. The Balaban J connectivity index is 2.17. The van der Waals surface area contributed by atoms with Crippen LogP contribution in [0.5, 0.6) is 0 Å². The van der Waals surface area contributed by atoms with E-state index in [4.69, 9.17) is 0 Å². The van der Waals surface area contributed by atoms with Gasteiger partial charge in [-0.2, -0.15) is 0 Å². The topological polar surface area (TPSA) is 12.9 Å². The summed E-state index contributed by atoms with van der Waals surface area (Å²) in [6.07, 6.45) is 11.3. The molecule has 0 spiro atoms. The minimum atomic E-state index is 1.22. The Kier molecular flexibility index (Phi) is 1.64. The molecule has 1 heterocycles. The van der Waals surface area contributed by atoms with Crippen molar-refractivity contribution in [1.82, 2.24) is 4.98 Å². The molecule has 3 rings (SSSR count). The van der Waals surface area contributed by atoms with Crippen molar-refractivity contribution in [2.24, 2.45) is 0 Å². The normalized spacial score (nSPS) is 19.7. The lowest BCUT2D eigenvalue weighted by molar-refractivity contribution is 0.675. The van der Waals surface area contributed by atoms with Gasteiger partial charge in [-0.25, -0.2) is 0 Å². The molecule has 1 aromatic rings. The fourth-order valence-electron chi connectivity index (χ4n) is 2.77. The first-order valence-electron chi connectivity index (χ1n) is 5.43. The van der Waals surface area contributed by atoms with Gasteiger partial charge in [-0.3, -0.25) is 4.98 Å². The van der Waals surface area contributed by atoms with E-state index in [9.17, 15) is 0 Å². The average molecular weight is 173 g/mol. The van der Waals surface area contributed by atoms with Gasteiger partial charge in [0.05, 0.1) is 0 Å². The van der Waals surface area contributed by atoms with Gasteiger partial charge in [-0.05, 0) is 61.6 Å². The smallest absolute Gasteiger partial charge is 0.0438 e. The SMILES string of the molecule is c1nc2c(c3c1CCCC3)CCC2. The van der Waals surface area contributed by atoms with Crippen LogP contribution in [0, 0.1) is 0 Å². The van der Waals surface area contributed by atoms with Crippen molar-refractivity contribution >= 4 is 0 Å². The number of aryl methyl sites for hydroxylation is 2. The van der Waals surface area contributed by atoms with Gasteiger partial charge in [-0.15, -0.1) is 0 Å². The Morgan fingerprint density at radius 1 is 0.846 bits per heavy atom. The van der Waals surface area contributed by atoms with Crippen molar-refractivity contribution in [3.63, 3.8) is 0 Å². The van der Waals surface area contributed by atoms with E-state index in [0.29, 0.717) is 0 Å². The summed E-state index contributed by atoms with van der Waals surface area (Å²) in [4.78, 5) is 4.57. The number of rotatable bonds is 0. The molecule has 2 aliphatic carbocycles. The standard InChI is InChI=1S/C12H15N/c1-2-5-10-9(4-1)8-13-12-7-3-6-11(10)12/h8H,1-7H2. The van der Waals surface area contributed by atoms with E-state index in [1.165, 1.54) is 50.6 Å². The van der Waals surface area contributed by atoms with Crippen molar-refractivity contribution in [2.45, 2.75) is 44.9 Å². The molecule has 2 aliphatic rings. The highest BCUT2D eigenvalue weighted by atomic mass is 14.7. The van der Waals surface area contributed by atoms with Crippen LogP contribution >= 0.6 is 0 Å². The minimum absolute atomic E-state index is 1.22. The molecule has 0 unspecified atom stereocenters. The van der Waals surface area contributed by atoms with Crippen LogP contribution in [0.15, 0.2) is 6.20 Å². The van der Waals surface area contributed by atoms with Gasteiger partial charge in [0.1, 0.15) is 0 Å². The Morgan fingerprint density at radius 3 is 2.69 bits per heavy atom. The number of aromatic nitrogens is 1. The van der Waals surface area contributed by atoms with Gasteiger partial charge < -0.3 is 0 Å². The highest BCUT2D eigenvalue weighted by Crippen LogP contribution is 2.30. The molecule has 0 aliphatic heterocycles. The zero-order valence-electron chi connectivity index (χ0n) is 7.97. The maximum Gasteiger partial charge on any atom is 0.0438 e. The second-order valence-corrected chi connectivity index (χ2v) is 4.25. The van der Waals surface area contributed by atoms with Crippen LogP contribution in [0.4, 0.5) is 0 Å². The molecule has 1 nitrogen and oxygen atoms in total. The van der Waals surface area contributed by atoms with Gasteiger partial charge in [0.2, 0.25) is 0 Å². The van der Waals surface area contributed by atoms with Crippen molar-refractivity contribution < 1.29 is 0 Å². The zero-order valence-corrected chi connectivity index (χ0v) is 7.97. The molecule has 68 valence electrons. The Hall–Kier alpha value is -0.850. The van der Waals surface area contributed by atoms with Gasteiger partial charge in [0, 0.05) is 11.9 Å². The molecule has 0 saturated carbocycles. The van der Waals surface area contributed by atoms with Crippen LogP contribution in [0.2, 0.25) is 0 Å². The van der Waals surface area contributed by atoms with E-state index in [2.05, 4.69) is 11.2 Å². The quantitative estimate of drug-likeness (QED) is 0.587. The fraction of sp³-hybridized carbons (Fsp3) is 0.583. The third-order valence-electron chi connectivity index (χ3n) is 3.44. The predicted molar refractivity (Wildman–Crippen MR) is 52.9 cm³/mol. The highest BCUT2D eigenvalue weighted by molar-refractivity contribution is 5.40. The first kappa shape index (κ1) is 7.54. The lowest BCUT2D eigenvalue weighted by Crippen LogP contribution is -2.07. The van der Waals surface area contributed by atoms with Crippen molar-refractivity contribution in [2.75, 3.05) is 0 Å². The summed E-state index contributed by atoms with van der Waals surface area (Å²) >= 11 is 0. The van der Waals surface area contributed by atoms with Crippen LogP contribution in [-0.2, 0) is 25.7 Å². The lowest BCUT2D eigenvalue weighted by Gasteiger charge is -2.18. The van der Waals surface area contributed by atoms with E-state index in [1.54, 1.807) is 16.7 Å². The molecule has 1 aromatic heterocycles. The number of hydrogen-bond donors (Lipinski definition) is 0. The largest absolute Gasteiger partial charge is 0.261 e. The predicted octanol–water partition coefficient (Wildman–Crippen LogP) is 2.45. The van der Waals surface area contributed by atoms with Gasteiger partial charge >= 0.3 is 0 Å². The van der Waals surface area contributed by atoms with Crippen LogP contribution < -0.4 is 0 Å². The summed E-state index contributed by atoms with van der Waals surface area (Å²) in [5.41, 5.74) is 6.25. The first-order chi connectivity index (χ1) is 6.45. The van der Waals surface area contributed by atoms with E-state index in [-0.39, 0.29) is 0 Å². The third kappa shape index (κ3) is 1.10. The second kappa shape index (κ2) is 2.83. The lowest BCUT2D eigenvalue weighted by atomic mass is 9.89. The zero-order chi connectivity index (χ0) is 8.67. The minimum Gasteiger partial charge on any atom is -0.261 e. The van der Waals surface area contributed by atoms with Crippen molar-refractivity contribution in [3.05, 3.63) is 28.6 Å². The molecular formula is C12H15N. The molecular weight excluding hydrogens is 158 g/mol. The molecule has 0 aromatic carbocycles. The maximum absolute atomic E-state index is 4.57. The number of fused-ring (bicyclic) bond motifs is 3. The monoisotopic (exact) mass is 173 g/mol. The highest BCUT2D eigenvalue weighted by Gasteiger charge is 2.20. The summed E-state index contributed by atoms with van der Waals surface area (Å²) in [5, 5.41) is 0. The van der Waals surface area contributed by atoms with Gasteiger partial charge in [0.15, 0.2) is 0 Å². The summed E-state index contributed by atoms with van der Waals surface area (Å²) in [7, 11) is 0. The van der Waals surface area contributed by atoms with E-state index < -0.39 is 0 Å². The molecule has 13 heavy (non-hydrogen) atoms. The van der Waals surface area contributed by atoms with Crippen LogP contribution in [0.3, 0.4) is 0 Å². The van der Waals surface area contributed by atoms with Crippen molar-refractivity contribution in [1.29, 1.82) is 0 Å². The van der Waals surface area contributed by atoms with Crippen LogP contribution in [-0.4, -0.2) is 4.98 Å². The van der Waals surface area contributed by atoms with E-state index in [0.717, 1.165) is 0 Å². The summed E-state index contributed by atoms with van der Waals surface area (Å²) in [5.74, 6) is 0. The van der Waals surface area contributed by atoms with Crippen molar-refractivity contribution in [3.8, 4) is 0 Å². The van der Waals surface area contributed by atoms with E-state index >= 15 is 0 Å². The Bertz CT molecular complexity index is 341. The van der Waals surface area contributed by atoms with Gasteiger partial charge in [-0.1, -0.05) is 0 Å². The molecule has 0 saturated heterocycles. The second-order valence-electron chi connectivity index (χ2n) is 4.25. The fourth-order valence-corrected chi connectivity index (χ4v) is 2.77. The van der Waals surface area contributed by atoms with E-state index in [1.807, 2.05) is 0 Å². The molecule has 0 N–H and O–H groups in total. The molecule has 0 amide bonds. The molecule has 0 bridgehead atoms. The molecule has 1 heteroatoms. The Labute approximate surface area is 79.2 Å².